The Morgan fingerprint density at radius 2 is 1.53 bits per heavy atom. The second-order valence-corrected chi connectivity index (χ2v) is 18.6. The molecule has 0 spiro atoms. The fraction of sp³-hybridized carbons (Fsp3) is 0.872. The Morgan fingerprint density at radius 1 is 0.843 bits per heavy atom. The summed E-state index contributed by atoms with van der Waals surface area (Å²) in [6, 6.07) is -0.143. The van der Waals surface area contributed by atoms with Crippen LogP contribution in [0.4, 0.5) is 0 Å². The third-order valence-corrected chi connectivity index (χ3v) is 16.5. The standard InChI is InChI=1S/C39H62N2O10/c1-20(2)21-11-16-39(34(48)49)18-17-37(6)22(27(21)39)9-10-24-36(5)14-13-25(35(3,4)23(36)12-15-38(24,37)7)40-26(42)19-41(50-8)32-30(45)28(43)29(44)31(51-32)33(46)47/h21-25,27-32,43-45H,1,9-19H2,2-8H3,(H,40,42)(H,46,47)(H,48,49)/t21-,22+,23-,24+,25-,27+,28-,29-,30+,31-,32+,36-,37+,38+,39-/m0/s1. The van der Waals surface area contributed by atoms with Gasteiger partial charge >= 0.3 is 11.9 Å². The van der Waals surface area contributed by atoms with Gasteiger partial charge < -0.3 is 35.6 Å². The summed E-state index contributed by atoms with van der Waals surface area (Å²) < 4.78 is 5.40. The molecule has 6 N–H and O–H groups in total. The molecule has 1 saturated heterocycles. The molecule has 5 saturated carbocycles. The molecule has 288 valence electrons. The van der Waals surface area contributed by atoms with E-state index in [-0.39, 0.29) is 52.0 Å². The molecule has 0 aromatic heterocycles. The predicted molar refractivity (Wildman–Crippen MR) is 187 cm³/mol. The van der Waals surface area contributed by atoms with Crippen molar-refractivity contribution in [3.63, 3.8) is 0 Å². The molecule has 1 amide bonds. The summed E-state index contributed by atoms with van der Waals surface area (Å²) in [4.78, 5) is 43.6. The number of fused-ring (bicyclic) bond motifs is 7. The largest absolute Gasteiger partial charge is 0.481 e. The van der Waals surface area contributed by atoms with Crippen molar-refractivity contribution in [1.82, 2.24) is 10.4 Å². The molecule has 12 nitrogen and oxygen atoms in total. The van der Waals surface area contributed by atoms with E-state index >= 15 is 0 Å². The minimum atomic E-state index is -1.85. The number of hydrogen-bond donors (Lipinski definition) is 6. The highest BCUT2D eigenvalue weighted by atomic mass is 16.7. The number of nitrogens with zero attached hydrogens (tertiary/aromatic N) is 1. The van der Waals surface area contributed by atoms with Crippen molar-refractivity contribution in [3.8, 4) is 0 Å². The second kappa shape index (κ2) is 13.0. The maximum atomic E-state index is 13.6. The molecule has 51 heavy (non-hydrogen) atoms. The smallest absolute Gasteiger partial charge is 0.335 e. The lowest BCUT2D eigenvalue weighted by molar-refractivity contribution is -0.319. The Bertz CT molecular complexity index is 1420. The molecular weight excluding hydrogens is 656 g/mol. The first kappa shape index (κ1) is 38.6. The highest BCUT2D eigenvalue weighted by Gasteiger charge is 2.72. The summed E-state index contributed by atoms with van der Waals surface area (Å²) in [7, 11) is 1.26. The van der Waals surface area contributed by atoms with E-state index < -0.39 is 48.0 Å². The third kappa shape index (κ3) is 5.55. The van der Waals surface area contributed by atoms with Crippen LogP contribution in [-0.4, -0.2) is 98.8 Å². The number of carboxylic acid groups (broad SMARTS) is 2. The maximum absolute atomic E-state index is 13.6. The molecule has 1 aliphatic heterocycles. The summed E-state index contributed by atoms with van der Waals surface area (Å²) in [6.07, 6.45) is 0.617. The van der Waals surface area contributed by atoms with Gasteiger partial charge in [0.15, 0.2) is 12.3 Å². The molecule has 0 unspecified atom stereocenters. The summed E-state index contributed by atoms with van der Waals surface area (Å²) in [5.41, 5.74) is 0.365. The molecule has 5 aliphatic carbocycles. The van der Waals surface area contributed by atoms with Crippen molar-refractivity contribution in [2.45, 2.75) is 142 Å². The number of hydrogen-bond acceptors (Lipinski definition) is 9. The molecule has 12 heteroatoms. The SMILES string of the molecule is C=C(C)[C@@H]1CC[C@]2(C(=O)O)CC[C@]3(C)[C@H](CC[C@@H]4[C@@]5(C)CC[C@H](NC(=O)CN(OC)[C@@H]6O[C@H](C(=O)O)[C@@H](O)[C@H](O)[C@H]6O)C(C)(C)[C@@H]5CC[C@]43C)[C@@H]12. The fourth-order valence-corrected chi connectivity index (χ4v) is 13.7. The summed E-state index contributed by atoms with van der Waals surface area (Å²) in [5, 5.41) is 55.4. The molecule has 0 radical (unpaired) electrons. The molecule has 6 rings (SSSR count). The van der Waals surface area contributed by atoms with Gasteiger partial charge in [0, 0.05) is 6.04 Å². The van der Waals surface area contributed by atoms with E-state index in [4.69, 9.17) is 9.57 Å². The molecule has 0 aromatic carbocycles. The van der Waals surface area contributed by atoms with E-state index in [9.17, 15) is 39.9 Å². The number of aliphatic hydroxyl groups excluding tert-OH is 3. The van der Waals surface area contributed by atoms with Crippen LogP contribution < -0.4 is 5.32 Å². The number of ether oxygens (including phenoxy) is 1. The summed E-state index contributed by atoms with van der Waals surface area (Å²) in [6.45, 7) is 18.1. The number of nitrogens with one attached hydrogen (secondary N) is 1. The van der Waals surface area contributed by atoms with Gasteiger partial charge in [0.25, 0.3) is 0 Å². The fourth-order valence-electron chi connectivity index (χ4n) is 13.7. The summed E-state index contributed by atoms with van der Waals surface area (Å²) >= 11 is 0. The highest BCUT2D eigenvalue weighted by molar-refractivity contribution is 5.78. The molecular formula is C39H62N2O10. The number of aliphatic carboxylic acids is 2. The first-order valence-electron chi connectivity index (χ1n) is 19.1. The Kier molecular flexibility index (Phi) is 9.88. The number of carbonyl (C=O) groups is 3. The minimum Gasteiger partial charge on any atom is -0.481 e. The van der Waals surface area contributed by atoms with E-state index in [1.54, 1.807) is 0 Å². The Morgan fingerprint density at radius 3 is 2.14 bits per heavy atom. The van der Waals surface area contributed by atoms with Gasteiger partial charge in [-0.25, -0.2) is 4.79 Å². The van der Waals surface area contributed by atoms with E-state index in [0.29, 0.717) is 17.8 Å². The van der Waals surface area contributed by atoms with Crippen LogP contribution in [-0.2, 0) is 24.0 Å². The zero-order valence-corrected chi connectivity index (χ0v) is 31.6. The van der Waals surface area contributed by atoms with E-state index in [0.717, 1.165) is 74.8 Å². The quantitative estimate of drug-likeness (QED) is 0.158. The lowest BCUT2D eigenvalue weighted by Gasteiger charge is -2.73. The van der Waals surface area contributed by atoms with Gasteiger partial charge in [-0.05, 0) is 122 Å². The van der Waals surface area contributed by atoms with Crippen molar-refractivity contribution in [2.75, 3.05) is 13.7 Å². The molecule has 15 atom stereocenters. The van der Waals surface area contributed by atoms with Gasteiger partial charge in [0.05, 0.1) is 12.5 Å². The van der Waals surface area contributed by atoms with Gasteiger partial charge in [-0.3, -0.25) is 14.4 Å². The molecule has 0 aromatic rings. The third-order valence-electron chi connectivity index (χ3n) is 16.5. The van der Waals surface area contributed by atoms with E-state index in [2.05, 4.69) is 53.4 Å². The Hall–Kier alpha value is -2.09. The van der Waals surface area contributed by atoms with Crippen LogP contribution >= 0.6 is 0 Å². The predicted octanol–water partition coefficient (Wildman–Crippen LogP) is 3.97. The number of allylic oxidation sites excluding steroid dienone is 1. The lowest BCUT2D eigenvalue weighted by Crippen LogP contribution is -2.68. The number of rotatable bonds is 8. The van der Waals surface area contributed by atoms with Crippen molar-refractivity contribution in [3.05, 3.63) is 12.2 Å². The van der Waals surface area contributed by atoms with Crippen LogP contribution in [0, 0.1) is 56.7 Å². The lowest BCUT2D eigenvalue weighted by atomic mass is 9.32. The monoisotopic (exact) mass is 718 g/mol. The van der Waals surface area contributed by atoms with Crippen LogP contribution in [0.1, 0.15) is 106 Å². The van der Waals surface area contributed by atoms with Crippen molar-refractivity contribution in [2.24, 2.45) is 56.7 Å². The van der Waals surface area contributed by atoms with Crippen LogP contribution in [0.5, 0.6) is 0 Å². The molecule has 6 fully saturated rings. The minimum absolute atomic E-state index is 0.0272. The number of carboxylic acids is 2. The van der Waals surface area contributed by atoms with Crippen LogP contribution in [0.3, 0.4) is 0 Å². The van der Waals surface area contributed by atoms with Crippen LogP contribution in [0.2, 0.25) is 0 Å². The van der Waals surface area contributed by atoms with Gasteiger partial charge in [-0.1, -0.05) is 46.8 Å². The number of hydroxylamine groups is 2. The average Bonchev–Trinajstić information content (AvgIpc) is 3.46. The molecule has 0 bridgehead atoms. The number of amides is 1. The van der Waals surface area contributed by atoms with Crippen LogP contribution in [0.25, 0.3) is 0 Å². The Balaban J connectivity index is 1.19. The molecule has 1 heterocycles. The first-order valence-corrected chi connectivity index (χ1v) is 19.1. The number of aliphatic hydroxyl groups is 3. The second-order valence-electron chi connectivity index (χ2n) is 18.6. The van der Waals surface area contributed by atoms with Gasteiger partial charge in [-0.2, -0.15) is 0 Å². The van der Waals surface area contributed by atoms with Gasteiger partial charge in [0.1, 0.15) is 24.9 Å². The van der Waals surface area contributed by atoms with E-state index in [1.165, 1.54) is 7.11 Å². The highest BCUT2D eigenvalue weighted by Crippen LogP contribution is 2.77. The number of carbonyl (C=O) groups excluding carboxylic acids is 1. The van der Waals surface area contributed by atoms with Crippen LogP contribution in [0.15, 0.2) is 12.2 Å². The topological polar surface area (TPSA) is 186 Å². The first-order chi connectivity index (χ1) is 23.7. The van der Waals surface area contributed by atoms with E-state index in [1.807, 2.05) is 0 Å². The van der Waals surface area contributed by atoms with Crippen molar-refractivity contribution in [1.29, 1.82) is 0 Å². The molecule has 6 aliphatic rings. The average molecular weight is 719 g/mol. The zero-order chi connectivity index (χ0) is 37.6. The van der Waals surface area contributed by atoms with Crippen molar-refractivity contribution < 1.29 is 49.5 Å². The zero-order valence-electron chi connectivity index (χ0n) is 31.6. The van der Waals surface area contributed by atoms with Gasteiger partial charge in [0.2, 0.25) is 5.91 Å². The normalized spacial score (nSPS) is 48.8. The van der Waals surface area contributed by atoms with Crippen molar-refractivity contribution >= 4 is 17.8 Å². The Labute approximate surface area is 302 Å². The maximum Gasteiger partial charge on any atom is 0.335 e. The summed E-state index contributed by atoms with van der Waals surface area (Å²) in [5.74, 6) is -0.955. The van der Waals surface area contributed by atoms with Gasteiger partial charge in [-0.15, -0.1) is 5.06 Å².